The molecule has 1 aliphatic heterocycles. The molecule has 0 saturated carbocycles. The van der Waals surface area contributed by atoms with Gasteiger partial charge in [0.15, 0.2) is 5.13 Å². The number of carbonyl (C=O) groups excluding carboxylic acids is 1. The lowest BCUT2D eigenvalue weighted by Gasteiger charge is -2.24. The molecule has 0 radical (unpaired) electrons. The number of pyridine rings is 1. The number of halogens is 1. The molecule has 158 valence electrons. The highest BCUT2D eigenvalue weighted by molar-refractivity contribution is 7.15. The van der Waals surface area contributed by atoms with Gasteiger partial charge in [-0.05, 0) is 63.1 Å². The maximum Gasteiger partial charge on any atom is 0.270 e. The number of carbonyl (C=O) groups is 1. The lowest BCUT2D eigenvalue weighted by molar-refractivity contribution is 0.0728. The number of rotatable bonds is 4. The third kappa shape index (κ3) is 3.79. The fraction of sp³-hybridized carbons (Fsp3) is 0.261. The van der Waals surface area contributed by atoms with Gasteiger partial charge in [-0.1, -0.05) is 6.07 Å². The van der Waals surface area contributed by atoms with Gasteiger partial charge >= 0.3 is 0 Å². The summed E-state index contributed by atoms with van der Waals surface area (Å²) in [5.41, 5.74) is 2.95. The van der Waals surface area contributed by atoms with E-state index < -0.39 is 0 Å². The van der Waals surface area contributed by atoms with Gasteiger partial charge in [-0.15, -0.1) is 11.3 Å². The van der Waals surface area contributed by atoms with Crippen molar-refractivity contribution in [3.63, 3.8) is 0 Å². The average molecular weight is 436 g/mol. The van der Waals surface area contributed by atoms with E-state index in [1.807, 2.05) is 36.9 Å². The van der Waals surface area contributed by atoms with Crippen molar-refractivity contribution < 1.29 is 9.18 Å². The number of amides is 1. The van der Waals surface area contributed by atoms with Crippen LogP contribution < -0.4 is 5.32 Å². The summed E-state index contributed by atoms with van der Waals surface area (Å²) in [5.74, 6) is 0.295. The van der Waals surface area contributed by atoms with Crippen molar-refractivity contribution >= 4 is 39.1 Å². The monoisotopic (exact) mass is 435 g/mol. The number of thiazole rings is 1. The molecule has 1 atom stereocenters. The van der Waals surface area contributed by atoms with Crippen molar-refractivity contribution in [2.45, 2.75) is 32.7 Å². The molecule has 1 fully saturated rings. The second-order valence-electron chi connectivity index (χ2n) is 7.80. The van der Waals surface area contributed by atoms with Crippen LogP contribution in [0.5, 0.6) is 0 Å². The number of hydrogen-bond donors (Lipinski definition) is 2. The maximum absolute atomic E-state index is 13.5. The van der Waals surface area contributed by atoms with Gasteiger partial charge in [0.05, 0.1) is 17.4 Å². The van der Waals surface area contributed by atoms with E-state index in [0.717, 1.165) is 34.7 Å². The highest BCUT2D eigenvalue weighted by Gasteiger charge is 2.32. The second-order valence-corrected chi connectivity index (χ2v) is 9.01. The van der Waals surface area contributed by atoms with E-state index >= 15 is 0 Å². The van der Waals surface area contributed by atoms with Crippen LogP contribution in [0.3, 0.4) is 0 Å². The molecule has 2 N–H and O–H groups in total. The third-order valence-corrected chi connectivity index (χ3v) is 6.69. The molecule has 4 aromatic rings. The van der Waals surface area contributed by atoms with Crippen LogP contribution in [0.4, 0.5) is 15.3 Å². The molecule has 8 heteroatoms. The Balaban J connectivity index is 1.39. The van der Waals surface area contributed by atoms with Crippen LogP contribution in [0.2, 0.25) is 0 Å². The van der Waals surface area contributed by atoms with E-state index in [-0.39, 0.29) is 17.8 Å². The number of aromatic nitrogens is 3. The van der Waals surface area contributed by atoms with Gasteiger partial charge in [-0.3, -0.25) is 4.79 Å². The number of fused-ring (bicyclic) bond motifs is 1. The number of benzene rings is 1. The van der Waals surface area contributed by atoms with Crippen molar-refractivity contribution in [1.82, 2.24) is 19.9 Å². The lowest BCUT2D eigenvalue weighted by atomic mass is 10.1. The molecular weight excluding hydrogens is 413 g/mol. The summed E-state index contributed by atoms with van der Waals surface area (Å²) in [4.78, 5) is 28.6. The topological polar surface area (TPSA) is 73.9 Å². The van der Waals surface area contributed by atoms with Crippen LogP contribution in [-0.2, 0) is 0 Å². The van der Waals surface area contributed by atoms with Crippen LogP contribution in [0.1, 0.15) is 45.6 Å². The van der Waals surface area contributed by atoms with Gasteiger partial charge in [-0.2, -0.15) is 0 Å². The maximum atomic E-state index is 13.5. The largest absolute Gasteiger partial charge is 0.350 e. The van der Waals surface area contributed by atoms with Gasteiger partial charge < -0.3 is 15.2 Å². The summed E-state index contributed by atoms with van der Waals surface area (Å²) in [5, 5.41) is 4.91. The molecule has 4 heterocycles. The number of H-pyrrole nitrogens is 1. The summed E-state index contributed by atoms with van der Waals surface area (Å²) in [7, 11) is 0. The molecule has 31 heavy (non-hydrogen) atoms. The molecule has 5 rings (SSSR count). The molecule has 0 aliphatic carbocycles. The molecule has 3 aromatic heterocycles. The Labute approximate surface area is 183 Å². The van der Waals surface area contributed by atoms with Crippen molar-refractivity contribution in [2.75, 3.05) is 11.9 Å². The van der Waals surface area contributed by atoms with Crippen molar-refractivity contribution in [3.05, 3.63) is 70.2 Å². The first-order valence-electron chi connectivity index (χ1n) is 10.3. The Morgan fingerprint density at radius 2 is 2.10 bits per heavy atom. The molecule has 1 saturated heterocycles. The number of aryl methyl sites for hydroxylation is 2. The van der Waals surface area contributed by atoms with Crippen LogP contribution >= 0.6 is 11.3 Å². The summed E-state index contributed by atoms with van der Waals surface area (Å²) in [6.45, 7) is 4.70. The van der Waals surface area contributed by atoms with Crippen LogP contribution in [-0.4, -0.2) is 32.3 Å². The Kier molecular flexibility index (Phi) is 4.94. The molecule has 1 amide bonds. The molecule has 6 nitrogen and oxygen atoms in total. The van der Waals surface area contributed by atoms with E-state index in [9.17, 15) is 9.18 Å². The Bertz CT molecular complexity index is 1260. The smallest absolute Gasteiger partial charge is 0.270 e. The molecule has 0 bridgehead atoms. The Morgan fingerprint density at radius 1 is 1.23 bits per heavy atom. The van der Waals surface area contributed by atoms with Crippen molar-refractivity contribution in [2.24, 2.45) is 0 Å². The van der Waals surface area contributed by atoms with Gasteiger partial charge in [-0.25, -0.2) is 14.4 Å². The number of nitrogens with zero attached hydrogens (tertiary/aromatic N) is 3. The van der Waals surface area contributed by atoms with Crippen LogP contribution in [0.15, 0.2) is 42.5 Å². The Morgan fingerprint density at radius 3 is 2.90 bits per heavy atom. The number of likely N-dealkylation sites (tertiary alicyclic amines) is 1. The van der Waals surface area contributed by atoms with Gasteiger partial charge in [0.2, 0.25) is 0 Å². The molecule has 1 aromatic carbocycles. The summed E-state index contributed by atoms with van der Waals surface area (Å²) >= 11 is 1.60. The normalized spacial score (nSPS) is 16.2. The Hall–Kier alpha value is -3.26. The predicted molar refractivity (Wildman–Crippen MR) is 120 cm³/mol. The first kappa shape index (κ1) is 19.7. The number of anilines is 2. The SMILES string of the molecule is Cc1nc(Nc2cccc([C@H]3CCCN3C(=O)c3cc4ccc(F)cc4[nH]3)n2)sc1C. The average Bonchev–Trinajstić information content (AvgIpc) is 3.46. The quantitative estimate of drug-likeness (QED) is 0.444. The predicted octanol–water partition coefficient (Wildman–Crippen LogP) is 5.50. The highest BCUT2D eigenvalue weighted by atomic mass is 32.1. The highest BCUT2D eigenvalue weighted by Crippen LogP contribution is 2.33. The van der Waals surface area contributed by atoms with Crippen molar-refractivity contribution in [3.8, 4) is 0 Å². The van der Waals surface area contributed by atoms with E-state index in [4.69, 9.17) is 4.98 Å². The minimum atomic E-state index is -0.327. The van der Waals surface area contributed by atoms with Gasteiger partial charge in [0.25, 0.3) is 5.91 Å². The minimum absolute atomic E-state index is 0.0922. The van der Waals surface area contributed by atoms with Gasteiger partial charge in [0.1, 0.15) is 17.3 Å². The first-order chi connectivity index (χ1) is 15.0. The molecule has 0 unspecified atom stereocenters. The van der Waals surface area contributed by atoms with Crippen LogP contribution in [0, 0.1) is 19.7 Å². The fourth-order valence-corrected chi connectivity index (χ4v) is 4.85. The molecule has 0 spiro atoms. The molecule has 1 aliphatic rings. The third-order valence-electron chi connectivity index (χ3n) is 5.70. The van der Waals surface area contributed by atoms with E-state index in [1.165, 1.54) is 17.0 Å². The van der Waals surface area contributed by atoms with E-state index in [0.29, 0.717) is 23.6 Å². The number of nitrogens with one attached hydrogen (secondary N) is 2. The molecular formula is C23H22FN5OS. The summed E-state index contributed by atoms with van der Waals surface area (Å²) in [6.07, 6.45) is 1.77. The standard InChI is InChI=1S/C23H22FN5OS/c1-13-14(2)31-23(25-13)28-21-7-3-5-17(27-21)20-6-4-10-29(20)22(30)19-11-15-8-9-16(24)12-18(15)26-19/h3,5,7-9,11-12,20,26H,4,6,10H2,1-2H3,(H,25,27,28)/t20-/m1/s1. The number of hydrogen-bond acceptors (Lipinski definition) is 5. The van der Waals surface area contributed by atoms with E-state index in [2.05, 4.69) is 15.3 Å². The summed E-state index contributed by atoms with van der Waals surface area (Å²) in [6, 6.07) is 12.0. The second kappa shape index (κ2) is 7.77. The lowest BCUT2D eigenvalue weighted by Crippen LogP contribution is -2.31. The zero-order valence-corrected chi connectivity index (χ0v) is 18.1. The van der Waals surface area contributed by atoms with Gasteiger partial charge in [0, 0.05) is 22.3 Å². The minimum Gasteiger partial charge on any atom is -0.350 e. The summed E-state index contributed by atoms with van der Waals surface area (Å²) < 4.78 is 13.5. The number of aromatic amines is 1. The fourth-order valence-electron chi connectivity index (χ4n) is 4.03. The first-order valence-corrected chi connectivity index (χ1v) is 11.1. The zero-order valence-electron chi connectivity index (χ0n) is 17.3. The van der Waals surface area contributed by atoms with Crippen LogP contribution in [0.25, 0.3) is 10.9 Å². The van der Waals surface area contributed by atoms with Crippen molar-refractivity contribution in [1.29, 1.82) is 0 Å². The van der Waals surface area contributed by atoms with E-state index in [1.54, 1.807) is 23.5 Å². The zero-order chi connectivity index (χ0) is 21.5.